The van der Waals surface area contributed by atoms with Gasteiger partial charge in [-0.2, -0.15) is 5.10 Å². The molecular weight excluding hydrogens is 384 g/mol. The van der Waals surface area contributed by atoms with E-state index in [0.29, 0.717) is 0 Å². The van der Waals surface area contributed by atoms with E-state index in [1.165, 1.54) is 11.3 Å². The highest BCUT2D eigenvalue weighted by molar-refractivity contribution is 5.99. The van der Waals surface area contributed by atoms with Gasteiger partial charge in [-0.1, -0.05) is 41.5 Å². The molecule has 1 amide bonds. The number of aromatic amines is 2. The van der Waals surface area contributed by atoms with E-state index >= 15 is 0 Å². The zero-order chi connectivity index (χ0) is 23.1. The van der Waals surface area contributed by atoms with Crippen LogP contribution < -0.4 is 0 Å². The SMILES string of the molecule is Cc1[nH]nc(-c2cc3c([nH]2)CCC(C(=O)N(C)C(C)C(C)(C)C)=C3)c1CCC(C)(C)C. The number of likely N-dealkylation sites (N-methyl/N-ethyl adjacent to an activating group) is 1. The first-order valence-electron chi connectivity index (χ1n) is 11.5. The van der Waals surface area contributed by atoms with Crippen LogP contribution in [0.25, 0.3) is 17.5 Å². The third kappa shape index (κ3) is 5.13. The first-order chi connectivity index (χ1) is 14.3. The zero-order valence-corrected chi connectivity index (χ0v) is 20.9. The molecule has 31 heavy (non-hydrogen) atoms. The van der Waals surface area contributed by atoms with Crippen molar-refractivity contribution in [3.8, 4) is 11.4 Å². The number of fused-ring (bicyclic) bond motifs is 1. The van der Waals surface area contributed by atoms with Crippen molar-refractivity contribution in [3.63, 3.8) is 0 Å². The number of aryl methyl sites for hydroxylation is 2. The van der Waals surface area contributed by atoms with Gasteiger partial charge in [-0.05, 0) is 68.1 Å². The van der Waals surface area contributed by atoms with Gasteiger partial charge in [-0.15, -0.1) is 0 Å². The van der Waals surface area contributed by atoms with Gasteiger partial charge < -0.3 is 9.88 Å². The summed E-state index contributed by atoms with van der Waals surface area (Å²) >= 11 is 0. The van der Waals surface area contributed by atoms with Crippen LogP contribution in [-0.2, 0) is 17.6 Å². The predicted molar refractivity (Wildman–Crippen MR) is 129 cm³/mol. The topological polar surface area (TPSA) is 64.8 Å². The molecule has 1 unspecified atom stereocenters. The summed E-state index contributed by atoms with van der Waals surface area (Å²) in [5, 5.41) is 7.79. The molecule has 5 nitrogen and oxygen atoms in total. The average Bonchev–Trinajstić information content (AvgIpc) is 3.25. The molecule has 0 spiro atoms. The highest BCUT2D eigenvalue weighted by Crippen LogP contribution is 2.33. The Bertz CT molecular complexity index is 978. The van der Waals surface area contributed by atoms with E-state index < -0.39 is 0 Å². The quantitative estimate of drug-likeness (QED) is 0.626. The summed E-state index contributed by atoms with van der Waals surface area (Å²) in [6.07, 6.45) is 5.80. The standard InChI is InChI=1S/C26H40N4O/c1-16-20(12-13-25(3,4)5)23(29-28-16)22-15-19-14-18(10-11-21(19)27-22)24(31)30(9)17(2)26(6,7)8/h14-15,17,27H,10-13H2,1-9H3,(H,28,29). The van der Waals surface area contributed by atoms with Crippen molar-refractivity contribution in [1.82, 2.24) is 20.1 Å². The fraction of sp³-hybridized carbons (Fsp3) is 0.615. The van der Waals surface area contributed by atoms with Crippen LogP contribution in [0.2, 0.25) is 0 Å². The molecule has 0 saturated heterocycles. The molecule has 1 atom stereocenters. The molecule has 0 fully saturated rings. The Kier molecular flexibility index (Phi) is 6.28. The van der Waals surface area contributed by atoms with Crippen molar-refractivity contribution in [2.75, 3.05) is 7.05 Å². The van der Waals surface area contributed by atoms with Crippen LogP contribution in [0.4, 0.5) is 0 Å². The monoisotopic (exact) mass is 424 g/mol. The second kappa shape index (κ2) is 8.33. The first kappa shape index (κ1) is 23.4. The number of aromatic nitrogens is 3. The van der Waals surface area contributed by atoms with E-state index in [4.69, 9.17) is 0 Å². The van der Waals surface area contributed by atoms with Gasteiger partial charge in [0, 0.05) is 35.6 Å². The normalized spacial score (nSPS) is 15.5. The van der Waals surface area contributed by atoms with Crippen molar-refractivity contribution in [3.05, 3.63) is 34.2 Å². The van der Waals surface area contributed by atoms with Crippen molar-refractivity contribution in [2.24, 2.45) is 10.8 Å². The Morgan fingerprint density at radius 3 is 2.48 bits per heavy atom. The Morgan fingerprint density at radius 2 is 1.87 bits per heavy atom. The Labute approximate surface area is 187 Å². The highest BCUT2D eigenvalue weighted by Gasteiger charge is 2.30. The first-order valence-corrected chi connectivity index (χ1v) is 11.5. The molecule has 2 N–H and O–H groups in total. The number of carbonyl (C=O) groups is 1. The van der Waals surface area contributed by atoms with E-state index in [9.17, 15) is 4.79 Å². The summed E-state index contributed by atoms with van der Waals surface area (Å²) < 4.78 is 0. The molecule has 2 aromatic heterocycles. The fourth-order valence-corrected chi connectivity index (χ4v) is 4.13. The molecule has 0 bridgehead atoms. The summed E-state index contributed by atoms with van der Waals surface area (Å²) in [5.74, 6) is 0.136. The lowest BCUT2D eigenvalue weighted by molar-refractivity contribution is -0.129. The zero-order valence-electron chi connectivity index (χ0n) is 20.9. The number of amides is 1. The van der Waals surface area contributed by atoms with Crippen LogP contribution in [0.3, 0.4) is 0 Å². The molecular formula is C26H40N4O. The van der Waals surface area contributed by atoms with Crippen LogP contribution in [-0.4, -0.2) is 39.1 Å². The third-order valence-electron chi connectivity index (χ3n) is 6.79. The van der Waals surface area contributed by atoms with Gasteiger partial charge in [-0.3, -0.25) is 9.89 Å². The predicted octanol–water partition coefficient (Wildman–Crippen LogP) is 5.91. The number of carbonyl (C=O) groups excluding carboxylic acids is 1. The van der Waals surface area contributed by atoms with E-state index in [1.807, 2.05) is 11.9 Å². The van der Waals surface area contributed by atoms with Gasteiger partial charge in [0.15, 0.2) is 0 Å². The smallest absolute Gasteiger partial charge is 0.249 e. The molecule has 2 aromatic rings. The van der Waals surface area contributed by atoms with Crippen LogP contribution >= 0.6 is 0 Å². The average molecular weight is 425 g/mol. The lowest BCUT2D eigenvalue weighted by Crippen LogP contribution is -2.43. The summed E-state index contributed by atoms with van der Waals surface area (Å²) in [5.41, 5.74) is 8.00. The molecule has 0 saturated carbocycles. The van der Waals surface area contributed by atoms with Gasteiger partial charge in [0.2, 0.25) is 5.91 Å². The second-order valence-electron chi connectivity index (χ2n) is 11.5. The van der Waals surface area contributed by atoms with Gasteiger partial charge in [0.1, 0.15) is 5.69 Å². The second-order valence-corrected chi connectivity index (χ2v) is 11.5. The van der Waals surface area contributed by atoms with Crippen LogP contribution in [0.15, 0.2) is 11.6 Å². The van der Waals surface area contributed by atoms with E-state index in [2.05, 4.69) is 82.7 Å². The third-order valence-corrected chi connectivity index (χ3v) is 6.79. The molecule has 170 valence electrons. The number of rotatable bonds is 5. The summed E-state index contributed by atoms with van der Waals surface area (Å²) in [6, 6.07) is 2.33. The van der Waals surface area contributed by atoms with Crippen molar-refractivity contribution >= 4 is 12.0 Å². The number of hydrogen-bond acceptors (Lipinski definition) is 2. The number of nitrogens with zero attached hydrogens (tertiary/aromatic N) is 2. The number of hydrogen-bond donors (Lipinski definition) is 2. The van der Waals surface area contributed by atoms with Crippen molar-refractivity contribution in [1.29, 1.82) is 0 Å². The van der Waals surface area contributed by atoms with Crippen LogP contribution in [0.5, 0.6) is 0 Å². The summed E-state index contributed by atoms with van der Waals surface area (Å²) in [7, 11) is 1.92. The van der Waals surface area contributed by atoms with Crippen LogP contribution in [0.1, 0.15) is 83.8 Å². The molecule has 1 aliphatic rings. The van der Waals surface area contributed by atoms with Crippen molar-refractivity contribution < 1.29 is 4.79 Å². The number of H-pyrrole nitrogens is 2. The maximum Gasteiger partial charge on any atom is 0.249 e. The van der Waals surface area contributed by atoms with Gasteiger partial charge in [0.25, 0.3) is 0 Å². The van der Waals surface area contributed by atoms with Gasteiger partial charge >= 0.3 is 0 Å². The van der Waals surface area contributed by atoms with E-state index in [1.54, 1.807) is 0 Å². The fourth-order valence-electron chi connectivity index (χ4n) is 4.13. The molecule has 2 heterocycles. The Hall–Kier alpha value is -2.30. The van der Waals surface area contributed by atoms with Gasteiger partial charge in [0.05, 0.1) is 5.69 Å². The molecule has 3 rings (SSSR count). The molecule has 5 heteroatoms. The minimum absolute atomic E-state index is 0.0489. The highest BCUT2D eigenvalue weighted by atomic mass is 16.2. The summed E-state index contributed by atoms with van der Waals surface area (Å²) in [4.78, 5) is 18.6. The largest absolute Gasteiger partial charge is 0.357 e. The Morgan fingerprint density at radius 1 is 1.19 bits per heavy atom. The van der Waals surface area contributed by atoms with E-state index in [-0.39, 0.29) is 22.8 Å². The Balaban J connectivity index is 1.86. The summed E-state index contributed by atoms with van der Waals surface area (Å²) in [6.45, 7) is 17.6. The van der Waals surface area contributed by atoms with Crippen molar-refractivity contribution in [2.45, 2.75) is 87.1 Å². The van der Waals surface area contributed by atoms with E-state index in [0.717, 1.165) is 53.9 Å². The minimum atomic E-state index is 0.0489. The molecule has 1 aliphatic carbocycles. The molecule has 0 radical (unpaired) electrons. The maximum absolute atomic E-state index is 13.1. The van der Waals surface area contributed by atoms with Crippen LogP contribution in [0, 0.1) is 17.8 Å². The number of nitrogens with one attached hydrogen (secondary N) is 2. The lowest BCUT2D eigenvalue weighted by Gasteiger charge is -2.36. The lowest BCUT2D eigenvalue weighted by atomic mass is 9.86. The molecule has 0 aromatic carbocycles. The maximum atomic E-state index is 13.1. The van der Waals surface area contributed by atoms with Gasteiger partial charge in [-0.25, -0.2) is 0 Å². The molecule has 0 aliphatic heterocycles. The minimum Gasteiger partial charge on any atom is -0.357 e.